The van der Waals surface area contributed by atoms with Gasteiger partial charge in [0.1, 0.15) is 0 Å². The van der Waals surface area contributed by atoms with Crippen molar-refractivity contribution in [2.24, 2.45) is 5.73 Å². The van der Waals surface area contributed by atoms with Gasteiger partial charge >= 0.3 is 5.97 Å². The Hall–Kier alpha value is -1.59. The summed E-state index contributed by atoms with van der Waals surface area (Å²) in [5, 5.41) is 3.09. The molecule has 1 aliphatic rings. The molecular weight excluding hydrogens is 292 g/mol. The van der Waals surface area contributed by atoms with Gasteiger partial charge in [0, 0.05) is 12.0 Å². The molecule has 0 radical (unpaired) electrons. The van der Waals surface area contributed by atoms with Gasteiger partial charge in [-0.25, -0.2) is 4.79 Å². The van der Waals surface area contributed by atoms with E-state index in [4.69, 9.17) is 17.3 Å². The van der Waals surface area contributed by atoms with E-state index in [-0.39, 0.29) is 12.3 Å². The summed E-state index contributed by atoms with van der Waals surface area (Å²) in [7, 11) is 1.30. The molecule has 1 amide bonds. The highest BCUT2D eigenvalue weighted by molar-refractivity contribution is 6.33. The Morgan fingerprint density at radius 3 is 2.67 bits per heavy atom. The topological polar surface area (TPSA) is 81.4 Å². The third kappa shape index (κ3) is 3.95. The van der Waals surface area contributed by atoms with E-state index in [9.17, 15) is 9.59 Å². The second-order valence-corrected chi connectivity index (χ2v) is 5.89. The maximum absolute atomic E-state index is 12.1. The number of hydrogen-bond donors (Lipinski definition) is 2. The van der Waals surface area contributed by atoms with Gasteiger partial charge in [-0.2, -0.15) is 0 Å². The Kier molecular flexibility index (Phi) is 4.85. The minimum Gasteiger partial charge on any atom is -0.465 e. The van der Waals surface area contributed by atoms with Crippen LogP contribution in [0.1, 0.15) is 42.5 Å². The molecule has 0 bridgehead atoms. The van der Waals surface area contributed by atoms with Crippen molar-refractivity contribution in [1.82, 2.24) is 0 Å². The largest absolute Gasteiger partial charge is 0.465 e. The SMILES string of the molecule is COC(=O)c1ccc(Cl)c(NC(=O)CC2(N)CCCC2)c1. The summed E-state index contributed by atoms with van der Waals surface area (Å²) >= 11 is 6.04. The highest BCUT2D eigenvalue weighted by Gasteiger charge is 2.31. The molecule has 6 heteroatoms. The summed E-state index contributed by atoms with van der Waals surface area (Å²) in [5.74, 6) is -0.670. The van der Waals surface area contributed by atoms with E-state index < -0.39 is 11.5 Å². The number of esters is 1. The van der Waals surface area contributed by atoms with Gasteiger partial charge < -0.3 is 15.8 Å². The van der Waals surface area contributed by atoms with Gasteiger partial charge in [0.15, 0.2) is 0 Å². The van der Waals surface area contributed by atoms with Crippen molar-refractivity contribution in [1.29, 1.82) is 0 Å². The molecular formula is C15H19ClN2O3. The predicted molar refractivity (Wildman–Crippen MR) is 81.4 cm³/mol. The average molecular weight is 311 g/mol. The van der Waals surface area contributed by atoms with E-state index in [2.05, 4.69) is 10.1 Å². The van der Waals surface area contributed by atoms with Crippen LogP contribution in [-0.2, 0) is 9.53 Å². The van der Waals surface area contributed by atoms with Crippen molar-refractivity contribution in [2.75, 3.05) is 12.4 Å². The van der Waals surface area contributed by atoms with Gasteiger partial charge in [-0.15, -0.1) is 0 Å². The molecule has 1 saturated carbocycles. The molecule has 0 aromatic heterocycles. The number of rotatable bonds is 4. The van der Waals surface area contributed by atoms with Crippen molar-refractivity contribution < 1.29 is 14.3 Å². The minimum atomic E-state index is -0.478. The molecule has 5 nitrogen and oxygen atoms in total. The van der Waals surface area contributed by atoms with Gasteiger partial charge in [0.25, 0.3) is 0 Å². The third-order valence-corrected chi connectivity index (χ3v) is 4.10. The minimum absolute atomic E-state index is 0.191. The zero-order valence-electron chi connectivity index (χ0n) is 11.9. The Balaban J connectivity index is 2.07. The quantitative estimate of drug-likeness (QED) is 0.838. The summed E-state index contributed by atoms with van der Waals surface area (Å²) in [6, 6.07) is 4.60. The monoisotopic (exact) mass is 310 g/mol. The molecule has 114 valence electrons. The van der Waals surface area contributed by atoms with E-state index in [1.807, 2.05) is 0 Å². The zero-order valence-corrected chi connectivity index (χ0v) is 12.7. The number of benzene rings is 1. The number of carbonyl (C=O) groups excluding carboxylic acids is 2. The number of hydrogen-bond acceptors (Lipinski definition) is 4. The van der Waals surface area contributed by atoms with Gasteiger partial charge in [0.05, 0.1) is 23.4 Å². The molecule has 2 rings (SSSR count). The Morgan fingerprint density at radius 1 is 1.38 bits per heavy atom. The van der Waals surface area contributed by atoms with E-state index in [0.29, 0.717) is 16.3 Å². The summed E-state index contributed by atoms with van der Waals surface area (Å²) in [6.07, 6.45) is 4.09. The van der Waals surface area contributed by atoms with Crippen LogP contribution < -0.4 is 11.1 Å². The number of halogens is 1. The van der Waals surface area contributed by atoms with Crippen LogP contribution >= 0.6 is 11.6 Å². The van der Waals surface area contributed by atoms with Crippen molar-refractivity contribution >= 4 is 29.2 Å². The first-order chi connectivity index (χ1) is 9.93. The lowest BCUT2D eigenvalue weighted by Gasteiger charge is -2.22. The normalized spacial score (nSPS) is 16.5. The summed E-state index contributed by atoms with van der Waals surface area (Å²) in [4.78, 5) is 23.6. The number of amides is 1. The average Bonchev–Trinajstić information content (AvgIpc) is 2.86. The van der Waals surface area contributed by atoms with Gasteiger partial charge in [0.2, 0.25) is 5.91 Å². The second kappa shape index (κ2) is 6.45. The number of nitrogens with two attached hydrogens (primary N) is 1. The molecule has 0 aliphatic heterocycles. The molecule has 1 fully saturated rings. The lowest BCUT2D eigenvalue weighted by Crippen LogP contribution is -2.40. The van der Waals surface area contributed by atoms with Gasteiger partial charge in [-0.3, -0.25) is 4.79 Å². The maximum atomic E-state index is 12.1. The first-order valence-corrected chi connectivity index (χ1v) is 7.28. The third-order valence-electron chi connectivity index (χ3n) is 3.77. The number of methoxy groups -OCH3 is 1. The molecule has 1 aliphatic carbocycles. The number of ether oxygens (including phenoxy) is 1. The molecule has 0 heterocycles. The van der Waals surface area contributed by atoms with Crippen molar-refractivity contribution in [3.05, 3.63) is 28.8 Å². The van der Waals surface area contributed by atoms with Crippen LogP contribution in [0.2, 0.25) is 5.02 Å². The maximum Gasteiger partial charge on any atom is 0.337 e. The second-order valence-electron chi connectivity index (χ2n) is 5.48. The van der Waals surface area contributed by atoms with Crippen LogP contribution in [0.4, 0.5) is 5.69 Å². The van der Waals surface area contributed by atoms with E-state index in [0.717, 1.165) is 25.7 Å². The molecule has 0 spiro atoms. The fourth-order valence-electron chi connectivity index (χ4n) is 2.64. The van der Waals surface area contributed by atoms with Gasteiger partial charge in [-0.1, -0.05) is 24.4 Å². The van der Waals surface area contributed by atoms with Crippen LogP contribution in [0.5, 0.6) is 0 Å². The van der Waals surface area contributed by atoms with Crippen LogP contribution in [0.25, 0.3) is 0 Å². The van der Waals surface area contributed by atoms with Crippen LogP contribution in [0.3, 0.4) is 0 Å². The molecule has 0 saturated heterocycles. The summed E-state index contributed by atoms with van der Waals surface area (Å²) in [5.41, 5.74) is 6.49. The summed E-state index contributed by atoms with van der Waals surface area (Å²) < 4.78 is 4.65. The predicted octanol–water partition coefficient (Wildman–Crippen LogP) is 2.73. The first-order valence-electron chi connectivity index (χ1n) is 6.90. The lowest BCUT2D eigenvalue weighted by atomic mass is 9.94. The fraction of sp³-hybridized carbons (Fsp3) is 0.467. The smallest absolute Gasteiger partial charge is 0.337 e. The van der Waals surface area contributed by atoms with E-state index in [1.54, 1.807) is 12.1 Å². The van der Waals surface area contributed by atoms with E-state index in [1.165, 1.54) is 13.2 Å². The van der Waals surface area contributed by atoms with Gasteiger partial charge in [-0.05, 0) is 31.0 Å². The number of carbonyl (C=O) groups is 2. The molecule has 21 heavy (non-hydrogen) atoms. The Morgan fingerprint density at radius 2 is 2.05 bits per heavy atom. The van der Waals surface area contributed by atoms with Crippen LogP contribution in [-0.4, -0.2) is 24.5 Å². The standard InChI is InChI=1S/C15H19ClN2O3/c1-21-14(20)10-4-5-11(16)12(8-10)18-13(19)9-15(17)6-2-3-7-15/h4-5,8H,2-3,6-7,9,17H2,1H3,(H,18,19). The van der Waals surface area contributed by atoms with Crippen LogP contribution in [0, 0.1) is 0 Å². The lowest BCUT2D eigenvalue weighted by molar-refractivity contribution is -0.117. The number of anilines is 1. The number of nitrogens with one attached hydrogen (secondary N) is 1. The summed E-state index contributed by atoms with van der Waals surface area (Å²) in [6.45, 7) is 0. The molecule has 0 atom stereocenters. The zero-order chi connectivity index (χ0) is 15.5. The Bertz CT molecular complexity index is 554. The van der Waals surface area contributed by atoms with Crippen molar-refractivity contribution in [2.45, 2.75) is 37.6 Å². The highest BCUT2D eigenvalue weighted by atomic mass is 35.5. The van der Waals surface area contributed by atoms with Crippen molar-refractivity contribution in [3.63, 3.8) is 0 Å². The highest BCUT2D eigenvalue weighted by Crippen LogP contribution is 2.31. The first kappa shape index (κ1) is 15.8. The molecule has 3 N–H and O–H groups in total. The molecule has 1 aromatic carbocycles. The molecule has 0 unspecified atom stereocenters. The Labute approximate surface area is 128 Å². The molecule has 1 aromatic rings. The van der Waals surface area contributed by atoms with Crippen LogP contribution in [0.15, 0.2) is 18.2 Å². The van der Waals surface area contributed by atoms with Crippen molar-refractivity contribution in [3.8, 4) is 0 Å². The fourth-order valence-corrected chi connectivity index (χ4v) is 2.80. The van der Waals surface area contributed by atoms with E-state index >= 15 is 0 Å².